The molecule has 0 spiro atoms. The smallest absolute Gasteiger partial charge is 0.312 e. The second-order valence-corrected chi connectivity index (χ2v) is 5.75. The summed E-state index contributed by atoms with van der Waals surface area (Å²) in [6, 6.07) is 13.9. The molecule has 0 aromatic heterocycles. The third kappa shape index (κ3) is 5.53. The van der Waals surface area contributed by atoms with E-state index in [0.29, 0.717) is 6.54 Å². The molecule has 0 radical (unpaired) electrons. The first-order chi connectivity index (χ1) is 12.0. The van der Waals surface area contributed by atoms with Crippen molar-refractivity contribution in [3.05, 3.63) is 65.2 Å². The van der Waals surface area contributed by atoms with Crippen molar-refractivity contribution in [3.8, 4) is 5.75 Å². The molecule has 0 bridgehead atoms. The molecule has 1 unspecified atom stereocenters. The molecular weight excluding hydrogens is 318 g/mol. The molecule has 0 aliphatic heterocycles. The number of benzene rings is 2. The number of ether oxygens (including phenoxy) is 1. The number of urea groups is 1. The summed E-state index contributed by atoms with van der Waals surface area (Å²) >= 11 is 0. The quantitative estimate of drug-likeness (QED) is 0.722. The second kappa shape index (κ2) is 8.73. The van der Waals surface area contributed by atoms with E-state index in [1.165, 1.54) is 0 Å². The largest absolute Gasteiger partial charge is 0.497 e. The Kier molecular flexibility index (Phi) is 6.39. The van der Waals surface area contributed by atoms with Crippen molar-refractivity contribution in [1.82, 2.24) is 10.6 Å². The maximum Gasteiger partial charge on any atom is 0.312 e. The van der Waals surface area contributed by atoms with Crippen LogP contribution in [0.3, 0.4) is 0 Å². The van der Waals surface area contributed by atoms with Crippen LogP contribution >= 0.6 is 0 Å². The predicted molar refractivity (Wildman–Crippen MR) is 96.1 cm³/mol. The van der Waals surface area contributed by atoms with Crippen LogP contribution < -0.4 is 21.1 Å². The van der Waals surface area contributed by atoms with E-state index in [9.17, 15) is 9.59 Å². The summed E-state index contributed by atoms with van der Waals surface area (Å²) < 4.78 is 5.17. The molecule has 6 heteroatoms. The van der Waals surface area contributed by atoms with Crippen LogP contribution in [-0.4, -0.2) is 19.0 Å². The molecule has 0 saturated carbocycles. The van der Waals surface area contributed by atoms with Crippen LogP contribution in [0.1, 0.15) is 29.2 Å². The molecule has 2 rings (SSSR count). The van der Waals surface area contributed by atoms with E-state index in [4.69, 9.17) is 10.5 Å². The predicted octanol–water partition coefficient (Wildman–Crippen LogP) is 2.42. The number of primary amides is 1. The minimum Gasteiger partial charge on any atom is -0.497 e. The highest BCUT2D eigenvalue weighted by atomic mass is 16.5. The number of nitrogens with two attached hydrogens (primary N) is 1. The summed E-state index contributed by atoms with van der Waals surface area (Å²) in [6.07, 6.45) is 0.109. The molecule has 3 amide bonds. The molecule has 0 fully saturated rings. The zero-order valence-electron chi connectivity index (χ0n) is 14.4. The van der Waals surface area contributed by atoms with Gasteiger partial charge in [-0.25, -0.2) is 4.79 Å². The van der Waals surface area contributed by atoms with E-state index < -0.39 is 12.1 Å². The van der Waals surface area contributed by atoms with Crippen molar-refractivity contribution in [2.75, 3.05) is 7.11 Å². The van der Waals surface area contributed by atoms with Crippen molar-refractivity contribution in [3.63, 3.8) is 0 Å². The van der Waals surface area contributed by atoms with E-state index in [0.717, 1.165) is 22.4 Å². The number of aryl methyl sites for hydroxylation is 1. The van der Waals surface area contributed by atoms with E-state index in [1.54, 1.807) is 7.11 Å². The summed E-state index contributed by atoms with van der Waals surface area (Å²) in [6.45, 7) is 2.31. The Balaban J connectivity index is 2.01. The Morgan fingerprint density at radius 2 is 1.92 bits per heavy atom. The van der Waals surface area contributed by atoms with E-state index >= 15 is 0 Å². The van der Waals surface area contributed by atoms with Gasteiger partial charge in [-0.15, -0.1) is 0 Å². The van der Waals surface area contributed by atoms with Gasteiger partial charge in [0.05, 0.1) is 19.6 Å². The van der Waals surface area contributed by atoms with Gasteiger partial charge in [0, 0.05) is 6.54 Å². The van der Waals surface area contributed by atoms with Gasteiger partial charge >= 0.3 is 6.03 Å². The maximum absolute atomic E-state index is 12.3. The molecule has 1 atom stereocenters. The molecular formula is C19H23N3O3. The fourth-order valence-electron chi connectivity index (χ4n) is 2.63. The fraction of sp³-hybridized carbons (Fsp3) is 0.263. The molecule has 25 heavy (non-hydrogen) atoms. The van der Waals surface area contributed by atoms with Crippen LogP contribution in [0, 0.1) is 6.92 Å². The number of nitrogens with one attached hydrogen (secondary N) is 2. The monoisotopic (exact) mass is 341 g/mol. The number of hydrogen-bond donors (Lipinski definition) is 3. The Morgan fingerprint density at radius 3 is 2.60 bits per heavy atom. The molecule has 0 aliphatic rings. The van der Waals surface area contributed by atoms with Crippen LogP contribution in [-0.2, 0) is 11.3 Å². The molecule has 2 aromatic rings. The fourth-order valence-corrected chi connectivity index (χ4v) is 2.63. The van der Waals surface area contributed by atoms with Crippen LogP contribution in [0.15, 0.2) is 48.5 Å². The summed E-state index contributed by atoms with van der Waals surface area (Å²) in [5, 5.41) is 5.50. The van der Waals surface area contributed by atoms with Gasteiger partial charge in [0.15, 0.2) is 0 Å². The lowest BCUT2D eigenvalue weighted by Gasteiger charge is -2.19. The lowest BCUT2D eigenvalue weighted by molar-refractivity contribution is -0.121. The first-order valence-corrected chi connectivity index (χ1v) is 8.00. The third-order valence-electron chi connectivity index (χ3n) is 3.89. The molecule has 132 valence electrons. The highest BCUT2D eigenvalue weighted by Crippen LogP contribution is 2.20. The Morgan fingerprint density at radius 1 is 1.16 bits per heavy atom. The molecule has 0 heterocycles. The topological polar surface area (TPSA) is 93.4 Å². The van der Waals surface area contributed by atoms with Crippen molar-refractivity contribution in [2.24, 2.45) is 5.73 Å². The standard InChI is InChI=1S/C19H23N3O3/c1-13-6-3-4-9-16(13)17(22-19(20)24)11-18(23)21-12-14-7-5-8-15(10-14)25-2/h3-10,17H,11-12H2,1-2H3,(H,21,23)(H3,20,22,24). The lowest BCUT2D eigenvalue weighted by Crippen LogP contribution is -2.36. The van der Waals surface area contributed by atoms with Gasteiger partial charge in [-0.2, -0.15) is 0 Å². The average molecular weight is 341 g/mol. The number of rotatable bonds is 7. The van der Waals surface area contributed by atoms with Crippen molar-refractivity contribution in [1.29, 1.82) is 0 Å². The van der Waals surface area contributed by atoms with Crippen molar-refractivity contribution >= 4 is 11.9 Å². The summed E-state index contributed by atoms with van der Waals surface area (Å²) in [5.74, 6) is 0.560. The van der Waals surface area contributed by atoms with Gasteiger partial charge in [-0.05, 0) is 35.7 Å². The second-order valence-electron chi connectivity index (χ2n) is 5.75. The van der Waals surface area contributed by atoms with Gasteiger partial charge in [0.1, 0.15) is 5.75 Å². The Labute approximate surface area is 147 Å². The van der Waals surface area contributed by atoms with Gasteiger partial charge in [-0.1, -0.05) is 36.4 Å². The molecule has 0 saturated heterocycles. The highest BCUT2D eigenvalue weighted by Gasteiger charge is 2.18. The number of hydrogen-bond acceptors (Lipinski definition) is 3. The number of carbonyl (C=O) groups is 2. The van der Waals surface area contributed by atoms with Gasteiger partial charge in [0.25, 0.3) is 0 Å². The van der Waals surface area contributed by atoms with E-state index in [2.05, 4.69) is 10.6 Å². The molecule has 4 N–H and O–H groups in total. The lowest BCUT2D eigenvalue weighted by atomic mass is 9.98. The Hall–Kier alpha value is -3.02. The maximum atomic E-state index is 12.3. The van der Waals surface area contributed by atoms with Gasteiger partial charge in [0.2, 0.25) is 5.91 Å². The first-order valence-electron chi connectivity index (χ1n) is 8.00. The SMILES string of the molecule is COc1cccc(CNC(=O)CC(NC(N)=O)c2ccccc2C)c1. The minimum atomic E-state index is -0.658. The zero-order valence-corrected chi connectivity index (χ0v) is 14.4. The molecule has 2 aromatic carbocycles. The number of carbonyl (C=O) groups excluding carboxylic acids is 2. The van der Waals surface area contributed by atoms with Crippen molar-refractivity contribution < 1.29 is 14.3 Å². The van der Waals surface area contributed by atoms with Crippen molar-refractivity contribution in [2.45, 2.75) is 25.9 Å². The molecule has 0 aliphatic carbocycles. The summed E-state index contributed by atoms with van der Waals surface area (Å²) in [4.78, 5) is 23.6. The number of methoxy groups -OCH3 is 1. The average Bonchev–Trinajstić information content (AvgIpc) is 2.59. The molecule has 6 nitrogen and oxygen atoms in total. The minimum absolute atomic E-state index is 0.109. The summed E-state index contributed by atoms with van der Waals surface area (Å²) in [7, 11) is 1.60. The number of amides is 3. The van der Waals surface area contributed by atoms with Gasteiger partial charge in [-0.3, -0.25) is 4.79 Å². The summed E-state index contributed by atoms with van der Waals surface area (Å²) in [5.41, 5.74) is 8.05. The van der Waals surface area contributed by atoms with Crippen LogP contribution in [0.25, 0.3) is 0 Å². The van der Waals surface area contributed by atoms with Crippen LogP contribution in [0.2, 0.25) is 0 Å². The van der Waals surface area contributed by atoms with E-state index in [-0.39, 0.29) is 12.3 Å². The zero-order chi connectivity index (χ0) is 18.2. The first kappa shape index (κ1) is 18.3. The van der Waals surface area contributed by atoms with Gasteiger partial charge < -0.3 is 21.1 Å². The van der Waals surface area contributed by atoms with Crippen LogP contribution in [0.4, 0.5) is 4.79 Å². The normalized spacial score (nSPS) is 11.4. The Bertz CT molecular complexity index is 746. The van der Waals surface area contributed by atoms with E-state index in [1.807, 2.05) is 55.5 Å². The highest BCUT2D eigenvalue weighted by molar-refractivity contribution is 5.78. The van der Waals surface area contributed by atoms with Crippen LogP contribution in [0.5, 0.6) is 5.75 Å². The third-order valence-corrected chi connectivity index (χ3v) is 3.89.